The van der Waals surface area contributed by atoms with Gasteiger partial charge in [-0.25, -0.2) is 0 Å². The number of aromatic hydroxyl groups is 1. The van der Waals surface area contributed by atoms with Crippen LogP contribution in [0.15, 0.2) is 22.7 Å². The Hall–Kier alpha value is -0.390. The zero-order chi connectivity index (χ0) is 13.7. The van der Waals surface area contributed by atoms with Crippen LogP contribution in [0.3, 0.4) is 0 Å². The SMILES string of the molecule is CC[C@H](N[C@H](C)C[S@](C)=O)c1cc(Br)ccc1O. The number of halogens is 1. The Morgan fingerprint density at radius 3 is 2.72 bits per heavy atom. The van der Waals surface area contributed by atoms with E-state index in [1.807, 2.05) is 19.1 Å². The van der Waals surface area contributed by atoms with Crippen LogP contribution in [0.5, 0.6) is 5.75 Å². The minimum Gasteiger partial charge on any atom is -0.508 e. The monoisotopic (exact) mass is 333 g/mol. The summed E-state index contributed by atoms with van der Waals surface area (Å²) in [6.07, 6.45) is 2.57. The minimum atomic E-state index is -0.814. The van der Waals surface area contributed by atoms with Gasteiger partial charge in [-0.1, -0.05) is 22.9 Å². The van der Waals surface area contributed by atoms with Crippen LogP contribution in [-0.2, 0) is 10.8 Å². The maximum Gasteiger partial charge on any atom is 0.120 e. The van der Waals surface area contributed by atoms with Gasteiger partial charge in [-0.15, -0.1) is 0 Å². The van der Waals surface area contributed by atoms with E-state index in [0.29, 0.717) is 11.5 Å². The predicted molar refractivity (Wildman–Crippen MR) is 80.4 cm³/mol. The topological polar surface area (TPSA) is 49.3 Å². The van der Waals surface area contributed by atoms with Crippen molar-refractivity contribution in [2.75, 3.05) is 12.0 Å². The zero-order valence-corrected chi connectivity index (χ0v) is 13.3. The fourth-order valence-electron chi connectivity index (χ4n) is 1.98. The standard InChI is InChI=1S/C13H20BrNO2S/c1-4-12(15-9(2)8-18(3)17)11-7-10(14)5-6-13(11)16/h5-7,9,12,15-16H,4,8H2,1-3H3/t9-,12+,18+/m1/s1. The quantitative estimate of drug-likeness (QED) is 0.841. The molecule has 3 atom stereocenters. The van der Waals surface area contributed by atoms with Gasteiger partial charge in [-0.2, -0.15) is 0 Å². The second-order valence-corrected chi connectivity index (χ2v) is 6.87. The van der Waals surface area contributed by atoms with E-state index in [1.165, 1.54) is 0 Å². The average Bonchev–Trinajstić information content (AvgIpc) is 2.28. The minimum absolute atomic E-state index is 0.0704. The van der Waals surface area contributed by atoms with Gasteiger partial charge in [-0.3, -0.25) is 4.21 Å². The molecule has 0 aliphatic heterocycles. The smallest absolute Gasteiger partial charge is 0.120 e. The molecule has 0 saturated heterocycles. The van der Waals surface area contributed by atoms with E-state index in [-0.39, 0.29) is 12.1 Å². The summed E-state index contributed by atoms with van der Waals surface area (Å²) in [5, 5.41) is 13.3. The molecule has 102 valence electrons. The second kappa shape index (κ2) is 7.26. The summed E-state index contributed by atoms with van der Waals surface area (Å²) in [6.45, 7) is 4.08. The van der Waals surface area contributed by atoms with E-state index in [0.717, 1.165) is 16.5 Å². The lowest BCUT2D eigenvalue weighted by Gasteiger charge is -2.23. The van der Waals surface area contributed by atoms with Crippen LogP contribution in [0.2, 0.25) is 0 Å². The summed E-state index contributed by atoms with van der Waals surface area (Å²) < 4.78 is 12.1. The lowest BCUT2D eigenvalue weighted by molar-refractivity contribution is 0.425. The van der Waals surface area contributed by atoms with Gasteiger partial charge < -0.3 is 10.4 Å². The van der Waals surface area contributed by atoms with E-state index in [1.54, 1.807) is 12.3 Å². The molecule has 18 heavy (non-hydrogen) atoms. The van der Waals surface area contributed by atoms with Gasteiger partial charge in [0.25, 0.3) is 0 Å². The van der Waals surface area contributed by atoms with Gasteiger partial charge >= 0.3 is 0 Å². The molecular formula is C13H20BrNO2S. The maximum atomic E-state index is 11.2. The Labute approximate surface area is 120 Å². The largest absolute Gasteiger partial charge is 0.508 e. The fourth-order valence-corrected chi connectivity index (χ4v) is 3.15. The van der Waals surface area contributed by atoms with Crippen LogP contribution < -0.4 is 5.32 Å². The number of phenols is 1. The molecule has 0 aliphatic rings. The lowest BCUT2D eigenvalue weighted by Crippen LogP contribution is -2.34. The molecule has 3 nitrogen and oxygen atoms in total. The van der Waals surface area contributed by atoms with Crippen molar-refractivity contribution in [2.45, 2.75) is 32.4 Å². The number of hydrogen-bond donors (Lipinski definition) is 2. The molecule has 0 aliphatic carbocycles. The van der Waals surface area contributed by atoms with E-state index in [4.69, 9.17) is 0 Å². The second-order valence-electron chi connectivity index (χ2n) is 4.47. The Bertz CT molecular complexity index is 425. The summed E-state index contributed by atoms with van der Waals surface area (Å²) in [4.78, 5) is 0. The van der Waals surface area contributed by atoms with E-state index < -0.39 is 10.8 Å². The Morgan fingerprint density at radius 1 is 1.50 bits per heavy atom. The third-order valence-electron chi connectivity index (χ3n) is 2.74. The molecule has 1 rings (SSSR count). The van der Waals surface area contributed by atoms with E-state index >= 15 is 0 Å². The molecule has 0 heterocycles. The van der Waals surface area contributed by atoms with Crippen molar-refractivity contribution in [2.24, 2.45) is 0 Å². The number of hydrogen-bond acceptors (Lipinski definition) is 3. The van der Waals surface area contributed by atoms with E-state index in [9.17, 15) is 9.32 Å². The predicted octanol–water partition coefficient (Wildman–Crippen LogP) is 2.96. The first-order valence-electron chi connectivity index (χ1n) is 5.98. The van der Waals surface area contributed by atoms with Crippen molar-refractivity contribution in [3.63, 3.8) is 0 Å². The first-order valence-corrected chi connectivity index (χ1v) is 8.50. The summed E-state index contributed by atoms with van der Waals surface area (Å²) >= 11 is 3.41. The van der Waals surface area contributed by atoms with Gasteiger partial charge in [0.2, 0.25) is 0 Å². The highest BCUT2D eigenvalue weighted by Gasteiger charge is 2.16. The molecule has 5 heteroatoms. The van der Waals surface area contributed by atoms with Crippen LogP contribution in [0.4, 0.5) is 0 Å². The zero-order valence-electron chi connectivity index (χ0n) is 10.9. The summed E-state index contributed by atoms with van der Waals surface area (Å²) in [5.74, 6) is 0.910. The van der Waals surface area contributed by atoms with Crippen LogP contribution in [-0.4, -0.2) is 27.4 Å². The molecule has 0 radical (unpaired) electrons. The van der Waals surface area contributed by atoms with Crippen molar-refractivity contribution >= 4 is 26.7 Å². The first-order chi connectivity index (χ1) is 8.43. The van der Waals surface area contributed by atoms with Crippen molar-refractivity contribution < 1.29 is 9.32 Å². The van der Waals surface area contributed by atoms with Crippen molar-refractivity contribution in [3.05, 3.63) is 28.2 Å². The number of benzene rings is 1. The normalized spacial score (nSPS) is 16.2. The molecule has 0 bridgehead atoms. The van der Waals surface area contributed by atoms with Gasteiger partial charge in [-0.05, 0) is 31.5 Å². The molecule has 0 saturated carbocycles. The van der Waals surface area contributed by atoms with Crippen molar-refractivity contribution in [1.82, 2.24) is 5.32 Å². The van der Waals surface area contributed by atoms with Crippen LogP contribution in [0.1, 0.15) is 31.9 Å². The van der Waals surface area contributed by atoms with E-state index in [2.05, 4.69) is 28.2 Å². The van der Waals surface area contributed by atoms with Gasteiger partial charge in [0, 0.05) is 44.9 Å². The van der Waals surface area contributed by atoms with Gasteiger partial charge in [0.15, 0.2) is 0 Å². The van der Waals surface area contributed by atoms with Crippen LogP contribution in [0, 0.1) is 0 Å². The molecule has 0 fully saturated rings. The number of nitrogens with one attached hydrogen (secondary N) is 1. The molecule has 0 spiro atoms. The molecule has 0 amide bonds. The van der Waals surface area contributed by atoms with Crippen LogP contribution >= 0.6 is 15.9 Å². The third kappa shape index (κ3) is 4.71. The summed E-state index contributed by atoms with van der Waals surface area (Å²) in [6, 6.07) is 5.65. The van der Waals surface area contributed by atoms with Gasteiger partial charge in [0.05, 0.1) is 0 Å². The average molecular weight is 334 g/mol. The highest BCUT2D eigenvalue weighted by atomic mass is 79.9. The fraction of sp³-hybridized carbons (Fsp3) is 0.538. The molecule has 0 unspecified atom stereocenters. The first kappa shape index (κ1) is 15.7. The summed E-state index contributed by atoms with van der Waals surface area (Å²) in [7, 11) is -0.814. The Balaban J connectivity index is 2.82. The molecular weight excluding hydrogens is 314 g/mol. The molecule has 1 aromatic carbocycles. The van der Waals surface area contributed by atoms with Gasteiger partial charge in [0.1, 0.15) is 5.75 Å². The maximum absolute atomic E-state index is 11.2. The van der Waals surface area contributed by atoms with Crippen molar-refractivity contribution in [1.29, 1.82) is 0 Å². The lowest BCUT2D eigenvalue weighted by atomic mass is 10.0. The highest BCUT2D eigenvalue weighted by Crippen LogP contribution is 2.29. The van der Waals surface area contributed by atoms with Crippen molar-refractivity contribution in [3.8, 4) is 5.75 Å². The number of rotatable bonds is 6. The Kier molecular flexibility index (Phi) is 6.32. The molecule has 2 N–H and O–H groups in total. The molecule has 0 aromatic heterocycles. The van der Waals surface area contributed by atoms with Crippen LogP contribution in [0.25, 0.3) is 0 Å². The number of phenolic OH excluding ortho intramolecular Hbond substituents is 1. The Morgan fingerprint density at radius 2 is 2.17 bits per heavy atom. The summed E-state index contributed by atoms with van der Waals surface area (Å²) in [5.41, 5.74) is 0.876. The third-order valence-corrected chi connectivity index (χ3v) is 4.21. The molecule has 1 aromatic rings. The highest BCUT2D eigenvalue weighted by molar-refractivity contribution is 9.10.